The lowest BCUT2D eigenvalue weighted by Gasteiger charge is -2.60. The number of methoxy groups -OCH3 is 2. The van der Waals surface area contributed by atoms with Gasteiger partial charge >= 0.3 is 6.16 Å². The molecule has 4 rings (SSSR count). The molecule has 180 valence electrons. The summed E-state index contributed by atoms with van der Waals surface area (Å²) in [5.41, 5.74) is -1.56. The molecule has 0 saturated heterocycles. The molecule has 0 radical (unpaired) electrons. The number of aliphatic hydroxyl groups is 3. The zero-order valence-electron chi connectivity index (χ0n) is 19.4. The molecule has 7 atom stereocenters. The van der Waals surface area contributed by atoms with E-state index >= 15 is 0 Å². The number of hydrogen-bond acceptors (Lipinski definition) is 8. The van der Waals surface area contributed by atoms with Crippen molar-refractivity contribution in [3.8, 4) is 0 Å². The number of carbonyl (C=O) groups is 2. The van der Waals surface area contributed by atoms with Crippen LogP contribution in [0.3, 0.4) is 0 Å². The summed E-state index contributed by atoms with van der Waals surface area (Å²) < 4.78 is 14.6. The number of fused-ring (bicyclic) bond motifs is 5. The zero-order chi connectivity index (χ0) is 23.5. The molecule has 0 aromatic carbocycles. The van der Waals surface area contributed by atoms with Crippen LogP contribution in [0.15, 0.2) is 11.6 Å². The molecule has 0 amide bonds. The number of carbonyl (C=O) groups excluding carboxylic acids is 2. The van der Waals surface area contributed by atoms with Gasteiger partial charge in [-0.3, -0.25) is 14.3 Å². The quantitative estimate of drug-likeness (QED) is 0.521. The average Bonchev–Trinajstić information content (AvgIpc) is 3.03. The van der Waals surface area contributed by atoms with Gasteiger partial charge in [0.25, 0.3) is 0 Å². The topological polar surface area (TPSA) is 123 Å². The fourth-order valence-corrected chi connectivity index (χ4v) is 7.63. The minimum absolute atomic E-state index is 0.00875. The molecule has 0 heterocycles. The standard InChI is InChI=1S/C24H36O8/c1-21-9-7-15(25)11-14(21)5-6-16-17-8-10-23(28,22(17,2)12-18(26)20(16)21)19(27)13-32-24(29,30-3)31-4/h11,16-18,20,26,28-29H,5-10,12-13H2,1-4H3/t16-,17-,18-,20+,21-,22-,23-/m0/s1. The summed E-state index contributed by atoms with van der Waals surface area (Å²) in [6.45, 7) is 3.50. The van der Waals surface area contributed by atoms with Gasteiger partial charge in [0.15, 0.2) is 11.6 Å². The first kappa shape index (κ1) is 24.0. The van der Waals surface area contributed by atoms with Crippen molar-refractivity contribution >= 4 is 11.6 Å². The van der Waals surface area contributed by atoms with E-state index in [4.69, 9.17) is 14.2 Å². The van der Waals surface area contributed by atoms with Crippen molar-refractivity contribution < 1.29 is 39.1 Å². The minimum Gasteiger partial charge on any atom is -0.393 e. The zero-order valence-corrected chi connectivity index (χ0v) is 19.4. The largest absolute Gasteiger partial charge is 0.410 e. The van der Waals surface area contributed by atoms with Gasteiger partial charge in [-0.05, 0) is 67.8 Å². The van der Waals surface area contributed by atoms with Crippen LogP contribution in [-0.2, 0) is 23.8 Å². The second-order valence-corrected chi connectivity index (χ2v) is 10.6. The van der Waals surface area contributed by atoms with Crippen molar-refractivity contribution in [2.75, 3.05) is 20.8 Å². The van der Waals surface area contributed by atoms with E-state index in [2.05, 4.69) is 6.92 Å². The first-order valence-electron chi connectivity index (χ1n) is 11.6. The van der Waals surface area contributed by atoms with Crippen molar-refractivity contribution in [3.63, 3.8) is 0 Å². The second kappa shape index (κ2) is 7.96. The first-order valence-corrected chi connectivity index (χ1v) is 11.6. The van der Waals surface area contributed by atoms with E-state index in [9.17, 15) is 24.9 Å². The Labute approximate surface area is 188 Å². The maximum Gasteiger partial charge on any atom is 0.410 e. The van der Waals surface area contributed by atoms with Crippen molar-refractivity contribution in [1.29, 1.82) is 0 Å². The maximum atomic E-state index is 13.2. The molecule has 4 aliphatic rings. The third kappa shape index (κ3) is 3.34. The average molecular weight is 453 g/mol. The molecular weight excluding hydrogens is 416 g/mol. The predicted molar refractivity (Wildman–Crippen MR) is 113 cm³/mol. The van der Waals surface area contributed by atoms with Crippen LogP contribution >= 0.6 is 0 Å². The molecule has 3 saturated carbocycles. The lowest BCUT2D eigenvalue weighted by molar-refractivity contribution is -0.469. The number of aliphatic hydroxyl groups excluding tert-OH is 1. The van der Waals surface area contributed by atoms with E-state index in [0.29, 0.717) is 19.3 Å². The summed E-state index contributed by atoms with van der Waals surface area (Å²) in [6, 6.07) is 0. The fourth-order valence-electron chi connectivity index (χ4n) is 7.63. The number of ether oxygens (including phenoxy) is 3. The maximum absolute atomic E-state index is 13.2. The van der Waals surface area contributed by atoms with E-state index in [-0.39, 0.29) is 35.4 Å². The van der Waals surface area contributed by atoms with Crippen molar-refractivity contribution in [2.45, 2.75) is 76.7 Å². The summed E-state index contributed by atoms with van der Waals surface area (Å²) in [5, 5.41) is 33.0. The highest BCUT2D eigenvalue weighted by molar-refractivity contribution is 5.92. The predicted octanol–water partition coefficient (Wildman–Crippen LogP) is 1.70. The van der Waals surface area contributed by atoms with Crippen LogP contribution in [0, 0.1) is 28.6 Å². The molecule has 3 fully saturated rings. The van der Waals surface area contributed by atoms with Gasteiger partial charge in [-0.15, -0.1) is 0 Å². The molecule has 0 unspecified atom stereocenters. The Morgan fingerprint density at radius 3 is 2.53 bits per heavy atom. The van der Waals surface area contributed by atoms with Gasteiger partial charge in [0.05, 0.1) is 6.10 Å². The monoisotopic (exact) mass is 452 g/mol. The molecule has 8 heteroatoms. The molecular formula is C24H36O8. The van der Waals surface area contributed by atoms with Crippen LogP contribution in [-0.4, -0.2) is 65.6 Å². The molecule has 32 heavy (non-hydrogen) atoms. The van der Waals surface area contributed by atoms with Gasteiger partial charge < -0.3 is 24.8 Å². The molecule has 0 bridgehead atoms. The number of Topliss-reactive ketones (excluding diaryl/α,β-unsaturated/α-hetero) is 1. The SMILES string of the molecule is COC(O)(OC)OCC(=O)[C@@]1(O)CC[C@H]2[C@@H]3CCC4=CC(=O)CC[C@]4(C)[C@H]3[C@@H](O)C[C@@]21C. The highest BCUT2D eigenvalue weighted by Gasteiger charge is 2.68. The van der Waals surface area contributed by atoms with E-state index in [0.717, 1.165) is 24.8 Å². The fraction of sp³-hybridized carbons (Fsp3) is 0.833. The molecule has 4 aliphatic carbocycles. The minimum atomic E-state index is -2.36. The van der Waals surface area contributed by atoms with Gasteiger partial charge in [-0.2, -0.15) is 0 Å². The third-order valence-corrected chi connectivity index (χ3v) is 9.41. The van der Waals surface area contributed by atoms with E-state index in [1.807, 2.05) is 6.92 Å². The molecule has 3 N–H and O–H groups in total. The summed E-state index contributed by atoms with van der Waals surface area (Å²) in [4.78, 5) is 25.2. The molecule has 0 aromatic rings. The van der Waals surface area contributed by atoms with Gasteiger partial charge in [-0.1, -0.05) is 19.4 Å². The van der Waals surface area contributed by atoms with Gasteiger partial charge in [0.1, 0.15) is 12.2 Å². The Balaban J connectivity index is 1.60. The molecule has 0 spiro atoms. The van der Waals surface area contributed by atoms with Gasteiger partial charge in [0, 0.05) is 26.1 Å². The Bertz CT molecular complexity index is 819. The Morgan fingerprint density at radius 1 is 1.19 bits per heavy atom. The van der Waals surface area contributed by atoms with Crippen LogP contribution in [0.25, 0.3) is 0 Å². The summed E-state index contributed by atoms with van der Waals surface area (Å²) in [6.07, 6.45) is 2.90. The van der Waals surface area contributed by atoms with Crippen LogP contribution < -0.4 is 0 Å². The number of allylic oxidation sites excluding steroid dienone is 1. The highest BCUT2D eigenvalue weighted by Crippen LogP contribution is 2.67. The van der Waals surface area contributed by atoms with E-state index in [1.54, 1.807) is 6.08 Å². The van der Waals surface area contributed by atoms with E-state index in [1.165, 1.54) is 14.2 Å². The van der Waals surface area contributed by atoms with Gasteiger partial charge in [-0.25, -0.2) is 0 Å². The van der Waals surface area contributed by atoms with Crippen LogP contribution in [0.4, 0.5) is 0 Å². The lowest BCUT2D eigenvalue weighted by atomic mass is 9.45. The second-order valence-electron chi connectivity index (χ2n) is 10.6. The smallest absolute Gasteiger partial charge is 0.393 e. The number of rotatable bonds is 6. The van der Waals surface area contributed by atoms with Crippen LogP contribution in [0.2, 0.25) is 0 Å². The Hall–Kier alpha value is -1.16. The van der Waals surface area contributed by atoms with Gasteiger partial charge in [0.2, 0.25) is 0 Å². The number of ketones is 2. The summed E-state index contributed by atoms with van der Waals surface area (Å²) >= 11 is 0. The van der Waals surface area contributed by atoms with Crippen LogP contribution in [0.1, 0.15) is 58.8 Å². The molecule has 8 nitrogen and oxygen atoms in total. The van der Waals surface area contributed by atoms with Crippen LogP contribution in [0.5, 0.6) is 0 Å². The molecule has 0 aliphatic heterocycles. The van der Waals surface area contributed by atoms with Crippen molar-refractivity contribution in [3.05, 3.63) is 11.6 Å². The number of hydrogen-bond donors (Lipinski definition) is 3. The molecule has 0 aromatic heterocycles. The van der Waals surface area contributed by atoms with E-state index < -0.39 is 35.7 Å². The summed E-state index contributed by atoms with van der Waals surface area (Å²) in [7, 11) is 2.36. The third-order valence-electron chi connectivity index (χ3n) is 9.41. The Morgan fingerprint density at radius 2 is 1.88 bits per heavy atom. The normalized spacial score (nSPS) is 43.8. The Kier molecular flexibility index (Phi) is 5.96. The van der Waals surface area contributed by atoms with Crippen molar-refractivity contribution in [2.24, 2.45) is 28.6 Å². The lowest BCUT2D eigenvalue weighted by Crippen LogP contribution is -2.62. The summed E-state index contributed by atoms with van der Waals surface area (Å²) in [5.74, 6) is -0.138. The first-order chi connectivity index (χ1) is 14.9. The highest BCUT2D eigenvalue weighted by atomic mass is 17.0. The van der Waals surface area contributed by atoms with Crippen molar-refractivity contribution in [1.82, 2.24) is 0 Å².